The molecule has 0 aliphatic heterocycles. The van der Waals surface area contributed by atoms with E-state index in [9.17, 15) is 5.11 Å². The Bertz CT molecular complexity index is 608. The maximum atomic E-state index is 10.4. The number of nitrogens with zero attached hydrogens (tertiary/aromatic N) is 2. The van der Waals surface area contributed by atoms with Gasteiger partial charge in [0.25, 0.3) is 0 Å². The third-order valence-electron chi connectivity index (χ3n) is 3.23. The summed E-state index contributed by atoms with van der Waals surface area (Å²) in [5.74, 6) is 0. The molecule has 0 bridgehead atoms. The molecule has 0 fully saturated rings. The van der Waals surface area contributed by atoms with Crippen molar-refractivity contribution in [2.45, 2.75) is 26.4 Å². The fraction of sp³-hybridized carbons (Fsp3) is 0.357. The van der Waals surface area contributed by atoms with Crippen LogP contribution >= 0.6 is 31.9 Å². The van der Waals surface area contributed by atoms with Gasteiger partial charge in [-0.3, -0.25) is 4.68 Å². The molecule has 102 valence electrons. The predicted octanol–water partition coefficient (Wildman–Crippen LogP) is 3.84. The van der Waals surface area contributed by atoms with Crippen molar-refractivity contribution in [3.05, 3.63) is 49.7 Å². The number of aliphatic hydroxyl groups is 1. The lowest BCUT2D eigenvalue weighted by Crippen LogP contribution is -2.08. The van der Waals surface area contributed by atoms with E-state index in [2.05, 4.69) is 37.0 Å². The van der Waals surface area contributed by atoms with E-state index in [0.717, 1.165) is 31.5 Å². The Morgan fingerprint density at radius 1 is 1.26 bits per heavy atom. The Hall–Kier alpha value is -0.650. The Morgan fingerprint density at radius 3 is 2.53 bits per heavy atom. The van der Waals surface area contributed by atoms with Crippen LogP contribution in [0.5, 0.6) is 0 Å². The monoisotopic (exact) mass is 386 g/mol. The summed E-state index contributed by atoms with van der Waals surface area (Å²) >= 11 is 7.07. The first-order chi connectivity index (χ1) is 8.91. The average molecular weight is 388 g/mol. The second-order valence-electron chi connectivity index (χ2n) is 4.67. The Kier molecular flexibility index (Phi) is 4.48. The molecule has 2 aromatic rings. The van der Waals surface area contributed by atoms with Crippen LogP contribution in [0.15, 0.2) is 27.1 Å². The van der Waals surface area contributed by atoms with E-state index in [4.69, 9.17) is 0 Å². The number of aliphatic hydroxyl groups excluding tert-OH is 1. The second kappa shape index (κ2) is 5.77. The molecule has 19 heavy (non-hydrogen) atoms. The van der Waals surface area contributed by atoms with E-state index < -0.39 is 6.10 Å². The first-order valence-electron chi connectivity index (χ1n) is 6.03. The summed E-state index contributed by atoms with van der Waals surface area (Å²) in [5.41, 5.74) is 3.97. The summed E-state index contributed by atoms with van der Waals surface area (Å²) in [6.07, 6.45) is -0.0275. The number of hydrogen-bond donors (Lipinski definition) is 1. The van der Waals surface area contributed by atoms with Crippen molar-refractivity contribution >= 4 is 31.9 Å². The summed E-state index contributed by atoms with van der Waals surface area (Å²) in [6, 6.07) is 5.92. The van der Waals surface area contributed by atoms with Gasteiger partial charge < -0.3 is 5.11 Å². The van der Waals surface area contributed by atoms with Crippen LogP contribution in [-0.4, -0.2) is 14.9 Å². The van der Waals surface area contributed by atoms with Gasteiger partial charge in [-0.2, -0.15) is 5.10 Å². The van der Waals surface area contributed by atoms with Crippen LogP contribution in [0.4, 0.5) is 0 Å². The van der Waals surface area contributed by atoms with Crippen LogP contribution in [0.3, 0.4) is 0 Å². The molecule has 3 nitrogen and oxygen atoms in total. The van der Waals surface area contributed by atoms with Crippen LogP contribution in [0, 0.1) is 13.8 Å². The van der Waals surface area contributed by atoms with Crippen molar-refractivity contribution in [2.24, 2.45) is 7.05 Å². The molecule has 0 spiro atoms. The molecule has 1 unspecified atom stereocenters. The first kappa shape index (κ1) is 14.8. The van der Waals surface area contributed by atoms with E-state index in [0.29, 0.717) is 6.42 Å². The molecule has 2 rings (SSSR count). The van der Waals surface area contributed by atoms with E-state index in [1.807, 2.05) is 43.8 Å². The van der Waals surface area contributed by atoms with Crippen molar-refractivity contribution in [1.82, 2.24) is 9.78 Å². The van der Waals surface area contributed by atoms with Crippen molar-refractivity contribution in [3.63, 3.8) is 0 Å². The van der Waals surface area contributed by atoms with Crippen molar-refractivity contribution in [2.75, 3.05) is 0 Å². The van der Waals surface area contributed by atoms with Gasteiger partial charge in [0.15, 0.2) is 0 Å². The van der Waals surface area contributed by atoms with Crippen LogP contribution in [-0.2, 0) is 13.5 Å². The van der Waals surface area contributed by atoms with Gasteiger partial charge in [-0.15, -0.1) is 0 Å². The molecule has 1 N–H and O–H groups in total. The largest absolute Gasteiger partial charge is 0.388 e. The number of hydrogen-bond acceptors (Lipinski definition) is 2. The highest BCUT2D eigenvalue weighted by atomic mass is 79.9. The quantitative estimate of drug-likeness (QED) is 0.868. The van der Waals surface area contributed by atoms with Gasteiger partial charge in [0.2, 0.25) is 0 Å². The maximum absolute atomic E-state index is 10.4. The zero-order valence-corrected chi connectivity index (χ0v) is 14.3. The van der Waals surface area contributed by atoms with Gasteiger partial charge in [0.1, 0.15) is 0 Å². The lowest BCUT2D eigenvalue weighted by atomic mass is 10.0. The number of halogens is 2. The predicted molar refractivity (Wildman–Crippen MR) is 83.2 cm³/mol. The van der Waals surface area contributed by atoms with Crippen LogP contribution in [0.1, 0.15) is 28.6 Å². The third-order valence-corrected chi connectivity index (χ3v) is 5.34. The van der Waals surface area contributed by atoms with Gasteiger partial charge in [0, 0.05) is 17.9 Å². The minimum Gasteiger partial charge on any atom is -0.388 e. The van der Waals surface area contributed by atoms with Crippen molar-refractivity contribution in [3.8, 4) is 0 Å². The second-order valence-corrected chi connectivity index (χ2v) is 6.25. The molecule has 0 aliphatic carbocycles. The minimum atomic E-state index is -0.555. The van der Waals surface area contributed by atoms with E-state index in [-0.39, 0.29) is 0 Å². The molecule has 5 heteroatoms. The molecular formula is C14H16Br2N2O. The van der Waals surface area contributed by atoms with Gasteiger partial charge >= 0.3 is 0 Å². The molecule has 0 saturated heterocycles. The lowest BCUT2D eigenvalue weighted by Gasteiger charge is -2.14. The van der Waals surface area contributed by atoms with Gasteiger partial charge in [-0.25, -0.2) is 0 Å². The standard InChI is InChI=1S/C14H16Br2N2O/c1-8-5-4-6-10(13(8)15)12(19)7-11-14(16)9(2)17-18(11)3/h4-6,12,19H,7H2,1-3H3. The molecule has 0 radical (unpaired) electrons. The summed E-state index contributed by atoms with van der Waals surface area (Å²) in [4.78, 5) is 0. The zero-order chi connectivity index (χ0) is 14.2. The van der Waals surface area contributed by atoms with E-state index in [1.165, 1.54) is 0 Å². The molecule has 1 aromatic carbocycles. The Labute approximate surface area is 129 Å². The summed E-state index contributed by atoms with van der Waals surface area (Å²) in [7, 11) is 1.89. The summed E-state index contributed by atoms with van der Waals surface area (Å²) in [6.45, 7) is 3.97. The van der Waals surface area contributed by atoms with Crippen LogP contribution < -0.4 is 0 Å². The molecule has 0 saturated carbocycles. The van der Waals surface area contributed by atoms with Crippen LogP contribution in [0.2, 0.25) is 0 Å². The third kappa shape index (κ3) is 2.93. The smallest absolute Gasteiger partial charge is 0.0856 e. The molecule has 0 amide bonds. The average Bonchev–Trinajstić information content (AvgIpc) is 2.59. The van der Waals surface area contributed by atoms with Gasteiger partial charge in [-0.05, 0) is 40.9 Å². The molecular weight excluding hydrogens is 372 g/mol. The molecule has 1 heterocycles. The maximum Gasteiger partial charge on any atom is 0.0856 e. The van der Waals surface area contributed by atoms with Gasteiger partial charge in [-0.1, -0.05) is 34.1 Å². The first-order valence-corrected chi connectivity index (χ1v) is 7.61. The summed E-state index contributed by atoms with van der Waals surface area (Å²) < 4.78 is 3.75. The van der Waals surface area contributed by atoms with E-state index >= 15 is 0 Å². The lowest BCUT2D eigenvalue weighted by molar-refractivity contribution is 0.174. The SMILES string of the molecule is Cc1cccc(C(O)Cc2c(Br)c(C)nn2C)c1Br. The molecule has 0 aliphatic rings. The number of aryl methyl sites for hydroxylation is 3. The Morgan fingerprint density at radius 2 is 1.95 bits per heavy atom. The molecule has 1 atom stereocenters. The fourth-order valence-electron chi connectivity index (χ4n) is 2.12. The van der Waals surface area contributed by atoms with Gasteiger partial charge in [0.05, 0.1) is 22.0 Å². The summed E-state index contributed by atoms with van der Waals surface area (Å²) in [5, 5.41) is 14.8. The number of benzene rings is 1. The highest BCUT2D eigenvalue weighted by molar-refractivity contribution is 9.10. The highest BCUT2D eigenvalue weighted by Crippen LogP contribution is 2.31. The zero-order valence-electron chi connectivity index (χ0n) is 11.1. The Balaban J connectivity index is 2.31. The topological polar surface area (TPSA) is 38.1 Å². The fourth-order valence-corrected chi connectivity index (χ4v) is 3.15. The van der Waals surface area contributed by atoms with Crippen molar-refractivity contribution in [1.29, 1.82) is 0 Å². The molecule has 1 aromatic heterocycles. The highest BCUT2D eigenvalue weighted by Gasteiger charge is 2.18. The number of rotatable bonds is 3. The van der Waals surface area contributed by atoms with Crippen LogP contribution in [0.25, 0.3) is 0 Å². The van der Waals surface area contributed by atoms with Crippen molar-refractivity contribution < 1.29 is 5.11 Å². The minimum absolute atomic E-state index is 0.528. The van der Waals surface area contributed by atoms with E-state index in [1.54, 1.807) is 0 Å². The number of aromatic nitrogens is 2. The normalized spacial score (nSPS) is 12.7.